The predicted molar refractivity (Wildman–Crippen MR) is 47.1 cm³/mol. The van der Waals surface area contributed by atoms with Gasteiger partial charge in [0.25, 0.3) is 0 Å². The van der Waals surface area contributed by atoms with E-state index in [1.807, 2.05) is 6.92 Å². The molecule has 0 aliphatic heterocycles. The maximum Gasteiger partial charge on any atom is 0.0922 e. The van der Waals surface area contributed by atoms with Gasteiger partial charge in [0, 0.05) is 0 Å². The van der Waals surface area contributed by atoms with E-state index in [-0.39, 0.29) is 0 Å². The quantitative estimate of drug-likeness (QED) is 0.417. The fourth-order valence-electron chi connectivity index (χ4n) is 0.601. The van der Waals surface area contributed by atoms with E-state index >= 15 is 0 Å². The lowest BCUT2D eigenvalue weighted by atomic mass is 10.0. The molecule has 4 nitrogen and oxygen atoms in total. The van der Waals surface area contributed by atoms with E-state index in [9.17, 15) is 0 Å². The van der Waals surface area contributed by atoms with Gasteiger partial charge in [-0.1, -0.05) is 0 Å². The molecule has 11 heavy (non-hydrogen) atoms. The Labute approximate surface area is 67.6 Å². The minimum absolute atomic E-state index is 0.370. The molecule has 0 atom stereocenters. The Morgan fingerprint density at radius 2 is 1.73 bits per heavy atom. The first-order chi connectivity index (χ1) is 4.83. The smallest absolute Gasteiger partial charge is 0.0922 e. The molecule has 0 fully saturated rings. The molecular weight excluding hydrogens is 140 g/mol. The van der Waals surface area contributed by atoms with Crippen LogP contribution in [0, 0.1) is 0 Å². The highest BCUT2D eigenvalue weighted by molar-refractivity contribution is 5.04. The standard InChI is InChI=1S/C7H18N4/c1-5(6(8)9)3-4-7(2,10)11/h3-4,8-11H2,1-2H3. The Kier molecular flexibility index (Phi) is 3.35. The zero-order chi connectivity index (χ0) is 9.07. The van der Waals surface area contributed by atoms with Gasteiger partial charge >= 0.3 is 0 Å². The molecule has 0 saturated heterocycles. The largest absolute Gasteiger partial charge is 0.386 e. The summed E-state index contributed by atoms with van der Waals surface area (Å²) < 4.78 is 0. The van der Waals surface area contributed by atoms with E-state index in [2.05, 4.69) is 0 Å². The van der Waals surface area contributed by atoms with Gasteiger partial charge in [-0.2, -0.15) is 0 Å². The van der Waals surface area contributed by atoms with Crippen molar-refractivity contribution in [3.63, 3.8) is 0 Å². The summed E-state index contributed by atoms with van der Waals surface area (Å²) in [6.45, 7) is 3.65. The van der Waals surface area contributed by atoms with E-state index in [0.717, 1.165) is 12.0 Å². The topological polar surface area (TPSA) is 104 Å². The molecule has 0 spiro atoms. The second kappa shape index (κ2) is 3.59. The van der Waals surface area contributed by atoms with E-state index in [0.29, 0.717) is 12.2 Å². The molecule has 0 bridgehead atoms. The molecule has 0 amide bonds. The number of nitrogens with two attached hydrogens (primary N) is 4. The van der Waals surface area contributed by atoms with Crippen LogP contribution in [0.1, 0.15) is 26.7 Å². The van der Waals surface area contributed by atoms with Crippen molar-refractivity contribution < 1.29 is 0 Å². The van der Waals surface area contributed by atoms with Crippen molar-refractivity contribution in [2.75, 3.05) is 0 Å². The van der Waals surface area contributed by atoms with Crippen LogP contribution in [0.25, 0.3) is 0 Å². The van der Waals surface area contributed by atoms with Crippen LogP contribution in [0.5, 0.6) is 0 Å². The van der Waals surface area contributed by atoms with Gasteiger partial charge in [0.1, 0.15) is 0 Å². The number of allylic oxidation sites excluding steroid dienone is 1. The maximum absolute atomic E-state index is 5.56. The first-order valence-corrected chi connectivity index (χ1v) is 3.61. The molecule has 0 unspecified atom stereocenters. The summed E-state index contributed by atoms with van der Waals surface area (Å²) in [5.41, 5.74) is 22.1. The Morgan fingerprint density at radius 3 is 2.00 bits per heavy atom. The summed E-state index contributed by atoms with van der Waals surface area (Å²) in [6, 6.07) is 0. The van der Waals surface area contributed by atoms with Crippen LogP contribution >= 0.6 is 0 Å². The van der Waals surface area contributed by atoms with Crippen LogP contribution in [0.2, 0.25) is 0 Å². The lowest BCUT2D eigenvalue weighted by Gasteiger charge is -2.18. The van der Waals surface area contributed by atoms with Crippen LogP contribution in [0.3, 0.4) is 0 Å². The van der Waals surface area contributed by atoms with Gasteiger partial charge in [0.15, 0.2) is 0 Å². The highest BCUT2D eigenvalue weighted by atomic mass is 14.9. The molecule has 8 N–H and O–H groups in total. The van der Waals surface area contributed by atoms with Gasteiger partial charge in [0.2, 0.25) is 0 Å². The van der Waals surface area contributed by atoms with Gasteiger partial charge in [-0.3, -0.25) is 0 Å². The average molecular weight is 158 g/mol. The molecule has 4 heteroatoms. The highest BCUT2D eigenvalue weighted by Gasteiger charge is 2.10. The number of hydrogen-bond donors (Lipinski definition) is 4. The molecule has 0 aromatic carbocycles. The van der Waals surface area contributed by atoms with E-state index in [4.69, 9.17) is 22.9 Å². The van der Waals surface area contributed by atoms with Crippen molar-refractivity contribution in [1.82, 2.24) is 0 Å². The minimum Gasteiger partial charge on any atom is -0.386 e. The third kappa shape index (κ3) is 5.69. The van der Waals surface area contributed by atoms with Gasteiger partial charge < -0.3 is 22.9 Å². The normalized spacial score (nSPS) is 11.3. The molecular formula is C7H18N4. The van der Waals surface area contributed by atoms with Gasteiger partial charge in [-0.15, -0.1) is 0 Å². The molecule has 0 saturated carbocycles. The van der Waals surface area contributed by atoms with Gasteiger partial charge in [-0.25, -0.2) is 0 Å². The Bertz CT molecular complexity index is 150. The molecule has 0 aromatic heterocycles. The van der Waals surface area contributed by atoms with Gasteiger partial charge in [-0.05, 0) is 32.3 Å². The van der Waals surface area contributed by atoms with E-state index in [1.165, 1.54) is 0 Å². The van der Waals surface area contributed by atoms with Crippen LogP contribution in [-0.4, -0.2) is 5.66 Å². The molecule has 0 heterocycles. The summed E-state index contributed by atoms with van der Waals surface area (Å²) in [5.74, 6) is 0.370. The van der Waals surface area contributed by atoms with Crippen molar-refractivity contribution >= 4 is 0 Å². The van der Waals surface area contributed by atoms with Crippen molar-refractivity contribution in [3.05, 3.63) is 11.4 Å². The number of hydrogen-bond acceptors (Lipinski definition) is 4. The monoisotopic (exact) mass is 158 g/mol. The Morgan fingerprint density at radius 1 is 1.27 bits per heavy atom. The lowest BCUT2D eigenvalue weighted by Crippen LogP contribution is -2.45. The average Bonchev–Trinajstić information content (AvgIpc) is 1.80. The fraction of sp³-hybridized carbons (Fsp3) is 0.714. The molecule has 0 rings (SSSR count). The zero-order valence-corrected chi connectivity index (χ0v) is 7.22. The van der Waals surface area contributed by atoms with Crippen LogP contribution < -0.4 is 22.9 Å². The summed E-state index contributed by atoms with van der Waals surface area (Å²) in [4.78, 5) is 0. The predicted octanol–water partition coefficient (Wildman–Crippen LogP) is -0.451. The third-order valence-corrected chi connectivity index (χ3v) is 1.53. The maximum atomic E-state index is 5.56. The SMILES string of the molecule is CC(CCC(C)(N)N)=C(N)N. The summed E-state index contributed by atoms with van der Waals surface area (Å²) in [7, 11) is 0. The van der Waals surface area contributed by atoms with E-state index < -0.39 is 5.66 Å². The molecule has 0 aliphatic rings. The van der Waals surface area contributed by atoms with Crippen molar-refractivity contribution in [2.24, 2.45) is 22.9 Å². The second-order valence-electron chi connectivity index (χ2n) is 3.24. The first-order valence-electron chi connectivity index (χ1n) is 3.61. The molecule has 0 radical (unpaired) electrons. The molecule has 66 valence electrons. The zero-order valence-electron chi connectivity index (χ0n) is 7.22. The Hall–Kier alpha value is -0.740. The molecule has 0 aliphatic carbocycles. The highest BCUT2D eigenvalue weighted by Crippen LogP contribution is 2.09. The first kappa shape index (κ1) is 10.3. The summed E-state index contributed by atoms with van der Waals surface area (Å²) in [6.07, 6.45) is 1.45. The minimum atomic E-state index is -0.628. The third-order valence-electron chi connectivity index (χ3n) is 1.53. The van der Waals surface area contributed by atoms with Crippen molar-refractivity contribution in [3.8, 4) is 0 Å². The van der Waals surface area contributed by atoms with Crippen molar-refractivity contribution in [2.45, 2.75) is 32.4 Å². The molecule has 0 aromatic rings. The lowest BCUT2D eigenvalue weighted by molar-refractivity contribution is 0.449. The Balaban J connectivity index is 3.82. The fourth-order valence-corrected chi connectivity index (χ4v) is 0.601. The summed E-state index contributed by atoms with van der Waals surface area (Å²) in [5, 5.41) is 0. The van der Waals surface area contributed by atoms with Crippen molar-refractivity contribution in [1.29, 1.82) is 0 Å². The van der Waals surface area contributed by atoms with Gasteiger partial charge in [0.05, 0.1) is 11.5 Å². The number of rotatable bonds is 3. The summed E-state index contributed by atoms with van der Waals surface area (Å²) >= 11 is 0. The van der Waals surface area contributed by atoms with E-state index in [1.54, 1.807) is 6.92 Å². The second-order valence-corrected chi connectivity index (χ2v) is 3.24. The van der Waals surface area contributed by atoms with Crippen LogP contribution in [0.4, 0.5) is 0 Å². The van der Waals surface area contributed by atoms with Crippen LogP contribution in [0.15, 0.2) is 11.4 Å². The van der Waals surface area contributed by atoms with Crippen LogP contribution in [-0.2, 0) is 0 Å².